The number of aromatic nitrogens is 2. The van der Waals surface area contributed by atoms with Crippen LogP contribution in [0.4, 0.5) is 0 Å². The van der Waals surface area contributed by atoms with E-state index < -0.39 is 5.92 Å². The van der Waals surface area contributed by atoms with Crippen LogP contribution in [0.15, 0.2) is 34.0 Å². The molecule has 2 heterocycles. The van der Waals surface area contributed by atoms with Crippen LogP contribution in [0.25, 0.3) is 10.2 Å². The molecule has 4 nitrogen and oxygen atoms in total. The molecule has 0 spiro atoms. The second-order valence-corrected chi connectivity index (χ2v) is 7.73. The zero-order chi connectivity index (χ0) is 15.5. The second-order valence-electron chi connectivity index (χ2n) is 4.59. The maximum absolute atomic E-state index is 12.3. The number of para-hydroxylation sites is 1. The Bertz CT molecular complexity index is 829. The van der Waals surface area contributed by atoms with Gasteiger partial charge in [-0.1, -0.05) is 23.9 Å². The third-order valence-corrected chi connectivity index (χ3v) is 6.18. The minimum Gasteiger partial charge on any atom is -0.297 e. The second kappa shape index (κ2) is 6.57. The van der Waals surface area contributed by atoms with E-state index in [4.69, 9.17) is 0 Å². The first-order valence-electron chi connectivity index (χ1n) is 6.50. The van der Waals surface area contributed by atoms with Crippen molar-refractivity contribution in [2.24, 2.45) is 0 Å². The van der Waals surface area contributed by atoms with Gasteiger partial charge in [0.25, 0.3) is 0 Å². The molecule has 22 heavy (non-hydrogen) atoms. The van der Waals surface area contributed by atoms with E-state index in [1.807, 2.05) is 36.6 Å². The van der Waals surface area contributed by atoms with Crippen LogP contribution < -0.4 is 0 Å². The highest BCUT2D eigenvalue weighted by molar-refractivity contribution is 8.01. The highest BCUT2D eigenvalue weighted by atomic mass is 32.2. The minimum atomic E-state index is -0.777. The SMILES string of the molecule is Cc1csc([C@@H](C#N)C(=O)CSc2nc3ccccc3s2)n1. The molecule has 1 atom stereocenters. The molecule has 0 bridgehead atoms. The molecule has 0 N–H and O–H groups in total. The topological polar surface area (TPSA) is 66.6 Å². The molecule has 0 amide bonds. The summed E-state index contributed by atoms with van der Waals surface area (Å²) in [5.74, 6) is -0.668. The molecule has 0 saturated carbocycles. The third-order valence-electron chi connectivity index (χ3n) is 2.95. The van der Waals surface area contributed by atoms with Crippen LogP contribution in [0, 0.1) is 18.3 Å². The number of thioether (sulfide) groups is 1. The lowest BCUT2D eigenvalue weighted by atomic mass is 10.1. The highest BCUT2D eigenvalue weighted by Gasteiger charge is 2.23. The summed E-state index contributed by atoms with van der Waals surface area (Å²) >= 11 is 4.30. The van der Waals surface area contributed by atoms with Gasteiger partial charge in [-0.25, -0.2) is 9.97 Å². The molecule has 3 aromatic rings. The summed E-state index contributed by atoms with van der Waals surface area (Å²) < 4.78 is 1.95. The lowest BCUT2D eigenvalue weighted by Gasteiger charge is -2.03. The van der Waals surface area contributed by atoms with Gasteiger partial charge in [0.1, 0.15) is 5.01 Å². The first-order chi connectivity index (χ1) is 10.7. The molecule has 0 aliphatic carbocycles. The first-order valence-corrected chi connectivity index (χ1v) is 9.18. The van der Waals surface area contributed by atoms with Gasteiger partial charge in [-0.2, -0.15) is 5.26 Å². The maximum Gasteiger partial charge on any atom is 0.167 e. The van der Waals surface area contributed by atoms with Gasteiger partial charge in [-0.3, -0.25) is 4.79 Å². The van der Waals surface area contributed by atoms with Crippen molar-refractivity contribution in [1.29, 1.82) is 5.26 Å². The summed E-state index contributed by atoms with van der Waals surface area (Å²) in [7, 11) is 0. The number of carbonyl (C=O) groups excluding carboxylic acids is 1. The number of thiazole rings is 2. The van der Waals surface area contributed by atoms with Gasteiger partial charge in [-0.15, -0.1) is 22.7 Å². The molecule has 0 fully saturated rings. The standard InChI is InChI=1S/C15H11N3OS3/c1-9-7-20-14(17-9)10(6-16)12(19)8-21-15-18-11-4-2-3-5-13(11)22-15/h2-5,7,10H,8H2,1H3/t10-/m0/s1. The van der Waals surface area contributed by atoms with Crippen molar-refractivity contribution in [3.05, 3.63) is 40.3 Å². The number of nitriles is 1. The van der Waals surface area contributed by atoms with Crippen LogP contribution in [-0.4, -0.2) is 21.5 Å². The Labute approximate surface area is 139 Å². The molecule has 0 aliphatic heterocycles. The third kappa shape index (κ3) is 3.19. The van der Waals surface area contributed by atoms with Crippen LogP contribution in [0.2, 0.25) is 0 Å². The average Bonchev–Trinajstić information content (AvgIpc) is 3.12. The van der Waals surface area contributed by atoms with Crippen molar-refractivity contribution < 1.29 is 4.79 Å². The number of hydrogen-bond donors (Lipinski definition) is 0. The minimum absolute atomic E-state index is 0.124. The molecule has 3 rings (SSSR count). The maximum atomic E-state index is 12.3. The number of carbonyl (C=O) groups is 1. The largest absolute Gasteiger partial charge is 0.297 e. The first kappa shape index (κ1) is 15.2. The van der Waals surface area contributed by atoms with Gasteiger partial charge in [0.2, 0.25) is 0 Å². The van der Waals surface area contributed by atoms with Crippen LogP contribution in [0.1, 0.15) is 16.6 Å². The number of hydrogen-bond acceptors (Lipinski definition) is 7. The van der Waals surface area contributed by atoms with E-state index in [9.17, 15) is 10.1 Å². The summed E-state index contributed by atoms with van der Waals surface area (Å²) in [6, 6.07) is 9.94. The number of rotatable bonds is 5. The van der Waals surface area contributed by atoms with E-state index in [0.29, 0.717) is 5.01 Å². The van der Waals surface area contributed by atoms with Gasteiger partial charge in [0.15, 0.2) is 16.0 Å². The Morgan fingerprint density at radius 3 is 2.91 bits per heavy atom. The zero-order valence-electron chi connectivity index (χ0n) is 11.6. The van der Waals surface area contributed by atoms with Crippen molar-refractivity contribution in [3.63, 3.8) is 0 Å². The zero-order valence-corrected chi connectivity index (χ0v) is 14.1. The lowest BCUT2D eigenvalue weighted by Crippen LogP contribution is -2.13. The molecular formula is C15H11N3OS3. The summed E-state index contributed by atoms with van der Waals surface area (Å²) in [5.41, 5.74) is 1.78. The van der Waals surface area contributed by atoms with E-state index in [-0.39, 0.29) is 11.5 Å². The van der Waals surface area contributed by atoms with Crippen molar-refractivity contribution in [2.75, 3.05) is 5.75 Å². The summed E-state index contributed by atoms with van der Waals surface area (Å²) in [6.07, 6.45) is 0. The number of aryl methyl sites for hydroxylation is 1. The van der Waals surface area contributed by atoms with Crippen molar-refractivity contribution in [3.8, 4) is 6.07 Å². The molecule has 7 heteroatoms. The highest BCUT2D eigenvalue weighted by Crippen LogP contribution is 2.30. The predicted octanol–water partition coefficient (Wildman–Crippen LogP) is 4.03. The van der Waals surface area contributed by atoms with Crippen molar-refractivity contribution in [1.82, 2.24) is 9.97 Å². The molecule has 1 aromatic carbocycles. The van der Waals surface area contributed by atoms with Gasteiger partial charge >= 0.3 is 0 Å². The molecule has 0 aliphatic rings. The Hall–Kier alpha value is -1.75. The van der Waals surface area contributed by atoms with E-state index >= 15 is 0 Å². The Morgan fingerprint density at radius 2 is 2.23 bits per heavy atom. The van der Waals surface area contributed by atoms with Gasteiger partial charge < -0.3 is 0 Å². The van der Waals surface area contributed by atoms with Gasteiger partial charge in [0.05, 0.1) is 22.0 Å². The summed E-state index contributed by atoms with van der Waals surface area (Å²) in [6.45, 7) is 1.86. The number of Topliss-reactive ketones (excluding diaryl/α,β-unsaturated/α-hetero) is 1. The monoisotopic (exact) mass is 345 g/mol. The summed E-state index contributed by atoms with van der Waals surface area (Å²) in [4.78, 5) is 21.0. The predicted molar refractivity (Wildman–Crippen MR) is 90.6 cm³/mol. The quantitative estimate of drug-likeness (QED) is 0.653. The smallest absolute Gasteiger partial charge is 0.167 e. The number of nitrogens with zero attached hydrogens (tertiary/aromatic N) is 3. The molecule has 2 aromatic heterocycles. The Morgan fingerprint density at radius 1 is 1.41 bits per heavy atom. The fraction of sp³-hybridized carbons (Fsp3) is 0.200. The summed E-state index contributed by atoms with van der Waals surface area (Å²) in [5, 5.41) is 11.7. The van der Waals surface area contributed by atoms with Gasteiger partial charge in [0, 0.05) is 11.1 Å². The van der Waals surface area contributed by atoms with E-state index in [1.54, 1.807) is 11.3 Å². The fourth-order valence-electron chi connectivity index (χ4n) is 1.90. The van der Waals surface area contributed by atoms with E-state index in [0.717, 1.165) is 20.3 Å². The van der Waals surface area contributed by atoms with E-state index in [2.05, 4.69) is 16.0 Å². The molecule has 0 radical (unpaired) electrons. The lowest BCUT2D eigenvalue weighted by molar-refractivity contribution is -0.116. The number of ketones is 1. The van der Waals surface area contributed by atoms with Gasteiger partial charge in [-0.05, 0) is 19.1 Å². The van der Waals surface area contributed by atoms with Crippen LogP contribution in [0.5, 0.6) is 0 Å². The van der Waals surface area contributed by atoms with E-state index in [1.165, 1.54) is 23.1 Å². The molecule has 110 valence electrons. The Kier molecular flexibility index (Phi) is 4.52. The number of fused-ring (bicyclic) bond motifs is 1. The normalized spacial score (nSPS) is 12.2. The van der Waals surface area contributed by atoms with Crippen LogP contribution in [-0.2, 0) is 4.79 Å². The van der Waals surface area contributed by atoms with Crippen molar-refractivity contribution >= 4 is 50.4 Å². The Balaban J connectivity index is 1.69. The van der Waals surface area contributed by atoms with Crippen LogP contribution in [0.3, 0.4) is 0 Å². The van der Waals surface area contributed by atoms with Crippen LogP contribution >= 0.6 is 34.4 Å². The molecular weight excluding hydrogens is 334 g/mol. The fourth-order valence-corrected chi connectivity index (χ4v) is 4.73. The average molecular weight is 345 g/mol. The number of benzene rings is 1. The molecule has 0 saturated heterocycles. The van der Waals surface area contributed by atoms with Crippen molar-refractivity contribution in [2.45, 2.75) is 17.2 Å². The molecule has 0 unspecified atom stereocenters.